The van der Waals surface area contributed by atoms with Gasteiger partial charge in [0.1, 0.15) is 0 Å². The Hall–Kier alpha value is -3.36. The number of nitrogen functional groups attached to an aromatic ring is 1. The summed E-state index contributed by atoms with van der Waals surface area (Å²) in [7, 11) is 0. The number of carbonyl (C=O) groups excluding carboxylic acids is 1. The molecule has 4 N–H and O–H groups in total. The number of carbonyl (C=O) groups is 1. The number of aromatic nitrogens is 6. The van der Waals surface area contributed by atoms with Crippen LogP contribution in [0.4, 0.5) is 5.95 Å². The van der Waals surface area contributed by atoms with Gasteiger partial charge in [-0.2, -0.15) is 0 Å². The third-order valence-corrected chi connectivity index (χ3v) is 3.24. The van der Waals surface area contributed by atoms with E-state index in [-0.39, 0.29) is 11.9 Å². The Morgan fingerprint density at radius 2 is 2.26 bits per heavy atom. The van der Waals surface area contributed by atoms with E-state index in [1.54, 1.807) is 6.92 Å². The van der Waals surface area contributed by atoms with Crippen molar-refractivity contribution in [2.75, 3.05) is 5.73 Å². The second-order valence-electron chi connectivity index (χ2n) is 4.86. The number of hydrogen-bond acceptors (Lipinski definition) is 7. The standard InChI is InChI=1S/C14H14N8O/c1-8-11(7-17-14(15)18-8)13(23)16-6-9-3-2-4-10(5-9)12-19-21-22-20-12/h2-5,7H,6H2,1H3,(H,16,23)(H2,15,17,18)(H,19,20,21,22). The third kappa shape index (κ3) is 3.28. The SMILES string of the molecule is Cc1nc(N)ncc1C(=O)NCc1cccc(-c2nnn[nH]2)c1. The monoisotopic (exact) mass is 310 g/mol. The van der Waals surface area contributed by atoms with E-state index in [1.807, 2.05) is 24.3 Å². The van der Waals surface area contributed by atoms with E-state index in [0.717, 1.165) is 11.1 Å². The lowest BCUT2D eigenvalue weighted by atomic mass is 10.1. The van der Waals surface area contributed by atoms with Crippen molar-refractivity contribution in [3.8, 4) is 11.4 Å². The van der Waals surface area contributed by atoms with Gasteiger partial charge in [0, 0.05) is 18.3 Å². The van der Waals surface area contributed by atoms with Gasteiger partial charge < -0.3 is 11.1 Å². The number of nitrogens with zero attached hydrogens (tertiary/aromatic N) is 5. The molecule has 116 valence electrons. The highest BCUT2D eigenvalue weighted by Crippen LogP contribution is 2.15. The first-order valence-corrected chi connectivity index (χ1v) is 6.84. The summed E-state index contributed by atoms with van der Waals surface area (Å²) in [5.74, 6) is 0.461. The van der Waals surface area contributed by atoms with Crippen LogP contribution in [0.2, 0.25) is 0 Å². The van der Waals surface area contributed by atoms with Gasteiger partial charge in [0.05, 0.1) is 11.3 Å². The molecule has 0 aliphatic rings. The Balaban J connectivity index is 1.71. The number of nitrogens with two attached hydrogens (primary N) is 1. The smallest absolute Gasteiger partial charge is 0.254 e. The van der Waals surface area contributed by atoms with Gasteiger partial charge >= 0.3 is 0 Å². The Kier molecular flexibility index (Phi) is 3.91. The predicted octanol–water partition coefficient (Wildman–Crippen LogP) is 0.477. The summed E-state index contributed by atoms with van der Waals surface area (Å²) in [6, 6.07) is 7.55. The van der Waals surface area contributed by atoms with Crippen LogP contribution >= 0.6 is 0 Å². The number of tetrazole rings is 1. The van der Waals surface area contributed by atoms with Gasteiger partial charge in [-0.3, -0.25) is 4.79 Å². The van der Waals surface area contributed by atoms with Crippen molar-refractivity contribution in [3.63, 3.8) is 0 Å². The molecule has 0 unspecified atom stereocenters. The molecule has 3 rings (SSSR count). The summed E-state index contributed by atoms with van der Waals surface area (Å²) in [6.45, 7) is 2.07. The third-order valence-electron chi connectivity index (χ3n) is 3.24. The maximum atomic E-state index is 12.2. The molecule has 23 heavy (non-hydrogen) atoms. The normalized spacial score (nSPS) is 10.5. The lowest BCUT2D eigenvalue weighted by molar-refractivity contribution is 0.0949. The Labute approximate surface area is 131 Å². The van der Waals surface area contributed by atoms with Gasteiger partial charge in [-0.25, -0.2) is 15.1 Å². The van der Waals surface area contributed by atoms with Gasteiger partial charge in [-0.1, -0.05) is 18.2 Å². The Morgan fingerprint density at radius 1 is 1.39 bits per heavy atom. The van der Waals surface area contributed by atoms with Crippen LogP contribution in [0.1, 0.15) is 21.6 Å². The first-order chi connectivity index (χ1) is 11.1. The summed E-state index contributed by atoms with van der Waals surface area (Å²) >= 11 is 0. The second-order valence-corrected chi connectivity index (χ2v) is 4.86. The summed E-state index contributed by atoms with van der Waals surface area (Å²) < 4.78 is 0. The lowest BCUT2D eigenvalue weighted by Gasteiger charge is -2.08. The second kappa shape index (κ2) is 6.18. The van der Waals surface area contributed by atoms with Crippen LogP contribution in [0.3, 0.4) is 0 Å². The molecular weight excluding hydrogens is 296 g/mol. The average Bonchev–Trinajstić information content (AvgIpc) is 3.07. The zero-order valence-electron chi connectivity index (χ0n) is 12.3. The van der Waals surface area contributed by atoms with E-state index in [1.165, 1.54) is 6.20 Å². The van der Waals surface area contributed by atoms with Crippen LogP contribution in [-0.2, 0) is 6.54 Å². The topological polar surface area (TPSA) is 135 Å². The number of benzene rings is 1. The van der Waals surface area contributed by atoms with Crippen LogP contribution in [-0.4, -0.2) is 36.5 Å². The zero-order valence-corrected chi connectivity index (χ0v) is 12.3. The summed E-state index contributed by atoms with van der Waals surface area (Å²) in [4.78, 5) is 20.0. The minimum absolute atomic E-state index is 0.146. The number of aromatic amines is 1. The lowest BCUT2D eigenvalue weighted by Crippen LogP contribution is -2.24. The fourth-order valence-electron chi connectivity index (χ4n) is 2.10. The zero-order chi connectivity index (χ0) is 16.2. The van der Waals surface area contributed by atoms with Gasteiger partial charge in [0.25, 0.3) is 5.91 Å². The summed E-state index contributed by atoms with van der Waals surface area (Å²) in [6.07, 6.45) is 1.42. The van der Waals surface area contributed by atoms with Crippen molar-refractivity contribution >= 4 is 11.9 Å². The van der Waals surface area contributed by atoms with E-state index in [0.29, 0.717) is 23.6 Å². The van der Waals surface area contributed by atoms with Gasteiger partial charge in [0.15, 0.2) is 5.82 Å². The molecule has 2 aromatic heterocycles. The van der Waals surface area contributed by atoms with Crippen LogP contribution in [0.15, 0.2) is 30.5 Å². The minimum atomic E-state index is -0.255. The van der Waals surface area contributed by atoms with Crippen molar-refractivity contribution in [1.29, 1.82) is 0 Å². The van der Waals surface area contributed by atoms with Crippen LogP contribution in [0.25, 0.3) is 11.4 Å². The number of nitrogens with one attached hydrogen (secondary N) is 2. The van der Waals surface area contributed by atoms with E-state index in [2.05, 4.69) is 35.9 Å². The molecule has 0 radical (unpaired) electrons. The van der Waals surface area contributed by atoms with Crippen molar-refractivity contribution in [2.24, 2.45) is 0 Å². The first-order valence-electron chi connectivity index (χ1n) is 6.84. The maximum Gasteiger partial charge on any atom is 0.254 e. The summed E-state index contributed by atoms with van der Waals surface area (Å²) in [5, 5.41) is 16.5. The molecule has 0 spiro atoms. The van der Waals surface area contributed by atoms with Gasteiger partial charge in [-0.15, -0.1) is 5.10 Å². The number of rotatable bonds is 4. The van der Waals surface area contributed by atoms with Crippen molar-refractivity contribution in [3.05, 3.63) is 47.3 Å². The molecule has 0 saturated heterocycles. The van der Waals surface area contributed by atoms with Crippen molar-refractivity contribution in [1.82, 2.24) is 35.9 Å². The molecule has 2 heterocycles. The molecule has 0 aliphatic carbocycles. The fourth-order valence-corrected chi connectivity index (χ4v) is 2.10. The summed E-state index contributed by atoms with van der Waals surface area (Å²) in [5.41, 5.74) is 8.18. The fraction of sp³-hybridized carbons (Fsp3) is 0.143. The van der Waals surface area contributed by atoms with E-state index in [9.17, 15) is 4.79 Å². The number of aryl methyl sites for hydroxylation is 1. The Bertz CT molecular complexity index is 831. The molecule has 0 bridgehead atoms. The number of hydrogen-bond donors (Lipinski definition) is 3. The number of anilines is 1. The first kappa shape index (κ1) is 14.6. The minimum Gasteiger partial charge on any atom is -0.368 e. The Morgan fingerprint density at radius 3 is 3.00 bits per heavy atom. The van der Waals surface area contributed by atoms with Crippen LogP contribution in [0, 0.1) is 6.92 Å². The molecule has 9 nitrogen and oxygen atoms in total. The molecule has 0 fully saturated rings. The highest BCUT2D eigenvalue weighted by Gasteiger charge is 2.11. The van der Waals surface area contributed by atoms with E-state index in [4.69, 9.17) is 5.73 Å². The predicted molar refractivity (Wildman–Crippen MR) is 82.0 cm³/mol. The average molecular weight is 310 g/mol. The molecule has 3 aromatic rings. The largest absolute Gasteiger partial charge is 0.368 e. The molecule has 9 heteroatoms. The molecule has 0 aliphatic heterocycles. The van der Waals surface area contributed by atoms with Crippen LogP contribution < -0.4 is 11.1 Å². The van der Waals surface area contributed by atoms with Crippen LogP contribution in [0.5, 0.6) is 0 Å². The number of amides is 1. The van der Waals surface area contributed by atoms with Crippen molar-refractivity contribution < 1.29 is 4.79 Å². The number of H-pyrrole nitrogens is 1. The highest BCUT2D eigenvalue weighted by molar-refractivity contribution is 5.94. The van der Waals surface area contributed by atoms with Crippen molar-refractivity contribution in [2.45, 2.75) is 13.5 Å². The van der Waals surface area contributed by atoms with E-state index < -0.39 is 0 Å². The maximum absolute atomic E-state index is 12.2. The molecular formula is C14H14N8O. The van der Waals surface area contributed by atoms with Gasteiger partial charge in [-0.05, 0) is 29.0 Å². The van der Waals surface area contributed by atoms with Gasteiger partial charge in [0.2, 0.25) is 5.95 Å². The highest BCUT2D eigenvalue weighted by atomic mass is 16.1. The molecule has 0 saturated carbocycles. The molecule has 0 atom stereocenters. The molecule has 1 aromatic carbocycles. The van der Waals surface area contributed by atoms with E-state index >= 15 is 0 Å². The molecule has 1 amide bonds. The quantitative estimate of drug-likeness (QED) is 0.637.